The second kappa shape index (κ2) is 12.0. The number of furan rings is 2. The summed E-state index contributed by atoms with van der Waals surface area (Å²) >= 11 is 0. The first-order valence-corrected chi connectivity index (χ1v) is 21.1. The van der Waals surface area contributed by atoms with Crippen LogP contribution in [0.25, 0.3) is 43.9 Å². The van der Waals surface area contributed by atoms with Gasteiger partial charge in [0.05, 0.1) is 11.1 Å². The summed E-state index contributed by atoms with van der Waals surface area (Å²) < 4.78 is 13.6. The average molecular weight is 619 g/mol. The molecule has 0 saturated heterocycles. The fourth-order valence-electron chi connectivity index (χ4n) is 8.61. The lowest BCUT2D eigenvalue weighted by Gasteiger charge is -2.38. The monoisotopic (exact) mass is 618 g/mol. The molecular weight excluding hydrogens is 569 g/mol. The van der Waals surface area contributed by atoms with Gasteiger partial charge in [0.2, 0.25) is 0 Å². The second-order valence-electron chi connectivity index (χ2n) is 14.6. The van der Waals surface area contributed by atoms with Gasteiger partial charge in [0, 0.05) is 21.5 Å². The summed E-state index contributed by atoms with van der Waals surface area (Å²) in [6.07, 6.45) is 0. The molecule has 0 bridgehead atoms. The fraction of sp³-hybridized carbons (Fsp3) is 0.450. The van der Waals surface area contributed by atoms with Crippen LogP contribution in [-0.4, -0.2) is 16.1 Å². The lowest BCUT2D eigenvalue weighted by molar-refractivity contribution is 0.662. The highest BCUT2D eigenvalue weighted by molar-refractivity contribution is 6.91. The van der Waals surface area contributed by atoms with E-state index in [2.05, 4.69) is 142 Å². The predicted molar refractivity (Wildman–Crippen MR) is 197 cm³/mol. The molecule has 0 unspecified atom stereocenters. The van der Waals surface area contributed by atoms with Gasteiger partial charge in [-0.3, -0.25) is 0 Å². The minimum Gasteiger partial charge on any atom is -0.455 e. The molecule has 0 aliphatic carbocycles. The SMILES string of the molecule is CC(C)[Si](C#Cc1c2oc3ccccc3c2c(C#C[Si](C(C)C)(C(C)C)C(C)C)c2oc3ccccc3c12)(C(C)C)C(C)C. The van der Waals surface area contributed by atoms with E-state index in [-0.39, 0.29) is 0 Å². The van der Waals surface area contributed by atoms with Crippen molar-refractivity contribution in [2.45, 2.75) is 116 Å². The van der Waals surface area contributed by atoms with Crippen LogP contribution in [0.3, 0.4) is 0 Å². The number of fused-ring (bicyclic) bond motifs is 6. The van der Waals surface area contributed by atoms with E-state index in [0.29, 0.717) is 33.2 Å². The van der Waals surface area contributed by atoms with Crippen molar-refractivity contribution in [3.8, 4) is 22.9 Å². The topological polar surface area (TPSA) is 26.3 Å². The maximum Gasteiger partial charge on any atom is 0.153 e. The van der Waals surface area contributed by atoms with E-state index in [1.54, 1.807) is 0 Å². The zero-order valence-electron chi connectivity index (χ0n) is 28.9. The molecule has 0 aliphatic heterocycles. The molecular formula is C40H50O2Si2. The Hall–Kier alpha value is -3.19. The Morgan fingerprint density at radius 2 is 0.750 bits per heavy atom. The molecule has 0 fully saturated rings. The molecule has 0 radical (unpaired) electrons. The van der Waals surface area contributed by atoms with Gasteiger partial charge >= 0.3 is 0 Å². The van der Waals surface area contributed by atoms with Crippen molar-refractivity contribution in [3.05, 3.63) is 59.7 Å². The highest BCUT2D eigenvalue weighted by atomic mass is 28.3. The largest absolute Gasteiger partial charge is 0.455 e. The minimum atomic E-state index is -2.02. The molecule has 3 aromatic carbocycles. The Morgan fingerprint density at radius 1 is 0.455 bits per heavy atom. The molecule has 5 aromatic rings. The zero-order valence-corrected chi connectivity index (χ0v) is 30.9. The molecule has 0 atom stereocenters. The highest BCUT2D eigenvalue weighted by Crippen LogP contribution is 2.45. The minimum absolute atomic E-state index is 0.532. The molecule has 0 aliphatic rings. The molecule has 5 rings (SSSR count). The maximum absolute atomic E-state index is 6.79. The summed E-state index contributed by atoms with van der Waals surface area (Å²) in [6, 6.07) is 16.7. The van der Waals surface area contributed by atoms with Gasteiger partial charge in [0.25, 0.3) is 0 Å². The summed E-state index contributed by atoms with van der Waals surface area (Å²) in [5.41, 5.74) is 16.5. The molecule has 44 heavy (non-hydrogen) atoms. The zero-order chi connectivity index (χ0) is 32.1. The van der Waals surface area contributed by atoms with Crippen molar-refractivity contribution in [2.75, 3.05) is 0 Å². The predicted octanol–water partition coefficient (Wildman–Crippen LogP) is 12.6. The number of hydrogen-bond acceptors (Lipinski definition) is 2. The number of hydrogen-bond donors (Lipinski definition) is 0. The molecule has 0 N–H and O–H groups in total. The van der Waals surface area contributed by atoms with E-state index in [1.165, 1.54) is 0 Å². The highest BCUT2D eigenvalue weighted by Gasteiger charge is 2.43. The van der Waals surface area contributed by atoms with Crippen molar-refractivity contribution < 1.29 is 8.83 Å². The Morgan fingerprint density at radius 3 is 1.05 bits per heavy atom. The molecule has 2 heterocycles. The van der Waals surface area contributed by atoms with Crippen LogP contribution in [0.15, 0.2) is 57.4 Å². The van der Waals surface area contributed by atoms with Gasteiger partial charge in [-0.2, -0.15) is 0 Å². The smallest absolute Gasteiger partial charge is 0.153 e. The third-order valence-corrected chi connectivity index (χ3v) is 23.3. The number of para-hydroxylation sites is 2. The fourth-order valence-corrected chi connectivity index (χ4v) is 19.0. The van der Waals surface area contributed by atoms with Gasteiger partial charge in [-0.25, -0.2) is 0 Å². The first kappa shape index (κ1) is 32.2. The average Bonchev–Trinajstić information content (AvgIpc) is 3.52. The first-order valence-electron chi connectivity index (χ1n) is 16.6. The third kappa shape index (κ3) is 4.86. The second-order valence-corrected chi connectivity index (χ2v) is 25.8. The number of rotatable bonds is 6. The normalized spacial score (nSPS) is 13.0. The standard InChI is InChI=1S/C40H50O2Si2/c1-25(2)43(26(3)4,27(5)6)23-21-33-37-31-17-13-15-19-35(31)42-40(37)34(22-24-44(28(7)8,29(9)10)30(11)12)38-32-18-14-16-20-36(32)41-39(33)38/h13-20,25-30H,1-12H3. The van der Waals surface area contributed by atoms with Crippen LogP contribution >= 0.6 is 0 Å². The van der Waals surface area contributed by atoms with Crippen LogP contribution in [-0.2, 0) is 0 Å². The summed E-state index contributed by atoms with van der Waals surface area (Å²) in [6.45, 7) is 28.4. The molecule has 4 heteroatoms. The van der Waals surface area contributed by atoms with Gasteiger partial charge < -0.3 is 8.83 Å². The van der Waals surface area contributed by atoms with Gasteiger partial charge in [-0.05, 0) is 45.4 Å². The van der Waals surface area contributed by atoms with Crippen LogP contribution < -0.4 is 0 Å². The molecule has 0 amide bonds. The van der Waals surface area contributed by atoms with E-state index in [0.717, 1.165) is 55.0 Å². The Bertz CT molecular complexity index is 1770. The van der Waals surface area contributed by atoms with Crippen molar-refractivity contribution in [1.29, 1.82) is 0 Å². The lowest BCUT2D eigenvalue weighted by Crippen LogP contribution is -2.43. The Labute approximate surface area is 267 Å². The van der Waals surface area contributed by atoms with Crippen LogP contribution in [0.2, 0.25) is 33.2 Å². The summed E-state index contributed by atoms with van der Waals surface area (Å²) in [4.78, 5) is 0. The molecule has 2 nitrogen and oxygen atoms in total. The third-order valence-electron chi connectivity index (χ3n) is 10.7. The number of benzene rings is 3. The van der Waals surface area contributed by atoms with E-state index < -0.39 is 16.1 Å². The molecule has 0 spiro atoms. The van der Waals surface area contributed by atoms with Crippen LogP contribution in [0.1, 0.15) is 94.2 Å². The van der Waals surface area contributed by atoms with Gasteiger partial charge in [-0.15, -0.1) is 11.1 Å². The van der Waals surface area contributed by atoms with Crippen LogP contribution in [0, 0.1) is 22.9 Å². The molecule has 2 aromatic heterocycles. The van der Waals surface area contributed by atoms with Gasteiger partial charge in [0.1, 0.15) is 27.3 Å². The summed E-state index contributed by atoms with van der Waals surface area (Å²) in [7, 11) is -4.04. The van der Waals surface area contributed by atoms with Crippen molar-refractivity contribution in [1.82, 2.24) is 0 Å². The van der Waals surface area contributed by atoms with Crippen LogP contribution in [0.4, 0.5) is 0 Å². The van der Waals surface area contributed by atoms with Crippen LogP contribution in [0.5, 0.6) is 0 Å². The van der Waals surface area contributed by atoms with Crippen molar-refractivity contribution >= 4 is 60.0 Å². The van der Waals surface area contributed by atoms with E-state index in [1.807, 2.05) is 12.1 Å². The van der Waals surface area contributed by atoms with E-state index in [9.17, 15) is 0 Å². The summed E-state index contributed by atoms with van der Waals surface area (Å²) in [5, 5.41) is 4.22. The Balaban J connectivity index is 2.01. The molecule has 0 saturated carbocycles. The van der Waals surface area contributed by atoms with E-state index >= 15 is 0 Å². The molecule has 230 valence electrons. The maximum atomic E-state index is 6.79. The van der Waals surface area contributed by atoms with Crippen molar-refractivity contribution in [2.24, 2.45) is 0 Å². The van der Waals surface area contributed by atoms with Crippen molar-refractivity contribution in [3.63, 3.8) is 0 Å². The summed E-state index contributed by atoms with van der Waals surface area (Å²) in [5.74, 6) is 7.66. The van der Waals surface area contributed by atoms with Gasteiger partial charge in [-0.1, -0.05) is 131 Å². The quantitative estimate of drug-likeness (QED) is 0.140. The van der Waals surface area contributed by atoms with E-state index in [4.69, 9.17) is 8.83 Å². The first-order chi connectivity index (χ1) is 20.8. The van der Waals surface area contributed by atoms with Gasteiger partial charge in [0.15, 0.2) is 11.2 Å². The Kier molecular flexibility index (Phi) is 8.76. The lowest BCUT2D eigenvalue weighted by atomic mass is 9.98.